The maximum Gasteiger partial charge on any atom is 0.356 e. The molecule has 1 saturated carbocycles. The number of carboxylic acid groups (broad SMARTS) is 1. The minimum atomic E-state index is -1.14. The van der Waals surface area contributed by atoms with Gasteiger partial charge in [0.25, 0.3) is 0 Å². The van der Waals surface area contributed by atoms with Gasteiger partial charge in [0, 0.05) is 36.9 Å². The number of amides is 1. The molecule has 2 fully saturated rings. The number of benzene rings is 2. The van der Waals surface area contributed by atoms with Crippen LogP contribution in [-0.2, 0) is 6.54 Å². The summed E-state index contributed by atoms with van der Waals surface area (Å²) < 4.78 is 6.97. The predicted molar refractivity (Wildman–Crippen MR) is 126 cm³/mol. The zero-order chi connectivity index (χ0) is 23.7. The van der Waals surface area contributed by atoms with Crippen molar-refractivity contribution in [3.8, 4) is 11.5 Å². The number of aromatic nitrogens is 2. The molecule has 176 valence electrons. The van der Waals surface area contributed by atoms with Gasteiger partial charge in [0.1, 0.15) is 11.5 Å². The van der Waals surface area contributed by atoms with Gasteiger partial charge in [-0.1, -0.05) is 23.7 Å². The maximum atomic E-state index is 12.7. The molecule has 1 aliphatic heterocycles. The number of carboxylic acids is 1. The van der Waals surface area contributed by atoms with Crippen molar-refractivity contribution in [2.24, 2.45) is 11.8 Å². The molecule has 1 amide bonds. The summed E-state index contributed by atoms with van der Waals surface area (Å²) in [4.78, 5) is 25.4. The van der Waals surface area contributed by atoms with E-state index in [4.69, 9.17) is 21.4 Å². The van der Waals surface area contributed by atoms with E-state index in [1.165, 1.54) is 17.8 Å². The van der Waals surface area contributed by atoms with E-state index in [9.17, 15) is 9.59 Å². The number of aromatic carboxylic acids is 1. The van der Waals surface area contributed by atoms with Crippen LogP contribution in [0.15, 0.2) is 60.8 Å². The molecular formula is C25H25ClN4O4. The monoisotopic (exact) mass is 480 g/mol. The molecule has 0 bridgehead atoms. The van der Waals surface area contributed by atoms with E-state index >= 15 is 0 Å². The number of carbonyl (C=O) groups is 2. The third kappa shape index (κ3) is 4.93. The van der Waals surface area contributed by atoms with Gasteiger partial charge in [-0.05, 0) is 72.7 Å². The Labute approximate surface area is 202 Å². The molecule has 2 N–H and O–H groups in total. The lowest BCUT2D eigenvalue weighted by Gasteiger charge is -2.19. The van der Waals surface area contributed by atoms with E-state index in [-0.39, 0.29) is 11.7 Å². The van der Waals surface area contributed by atoms with Crippen molar-refractivity contribution in [1.29, 1.82) is 0 Å². The van der Waals surface area contributed by atoms with Crippen LogP contribution in [0.25, 0.3) is 0 Å². The molecule has 1 aromatic heterocycles. The van der Waals surface area contributed by atoms with Crippen molar-refractivity contribution in [1.82, 2.24) is 20.0 Å². The Bertz CT molecular complexity index is 1160. The van der Waals surface area contributed by atoms with Crippen LogP contribution in [0.2, 0.25) is 5.02 Å². The van der Waals surface area contributed by atoms with Gasteiger partial charge in [0.2, 0.25) is 0 Å². The van der Waals surface area contributed by atoms with E-state index in [1.807, 2.05) is 24.3 Å². The molecule has 8 nitrogen and oxygen atoms in total. The second-order valence-corrected chi connectivity index (χ2v) is 9.34. The topological polar surface area (TPSA) is 96.7 Å². The summed E-state index contributed by atoms with van der Waals surface area (Å²) in [5.41, 5.74) is 1.06. The van der Waals surface area contributed by atoms with Crippen LogP contribution in [0.3, 0.4) is 0 Å². The summed E-state index contributed by atoms with van der Waals surface area (Å²) in [6.07, 6.45) is 3.45. The van der Waals surface area contributed by atoms with Crippen molar-refractivity contribution in [2.75, 3.05) is 13.1 Å². The highest BCUT2D eigenvalue weighted by Crippen LogP contribution is 2.38. The van der Waals surface area contributed by atoms with Crippen molar-refractivity contribution in [3.05, 3.63) is 77.1 Å². The second-order valence-electron chi connectivity index (χ2n) is 8.91. The molecule has 0 unspecified atom stereocenters. The quantitative estimate of drug-likeness (QED) is 0.539. The molecule has 9 heteroatoms. The minimum absolute atomic E-state index is 0.124. The third-order valence-corrected chi connectivity index (χ3v) is 6.85. The second kappa shape index (κ2) is 9.48. The van der Waals surface area contributed by atoms with E-state index in [0.717, 1.165) is 35.6 Å². The van der Waals surface area contributed by atoms with Gasteiger partial charge < -0.3 is 20.1 Å². The van der Waals surface area contributed by atoms with E-state index < -0.39 is 5.97 Å². The summed E-state index contributed by atoms with van der Waals surface area (Å²) >= 11 is 5.91. The average Bonchev–Trinajstić information content (AvgIpc) is 3.55. The number of halogens is 1. The molecule has 1 saturated heterocycles. The first kappa shape index (κ1) is 22.4. The van der Waals surface area contributed by atoms with Crippen LogP contribution in [0.5, 0.6) is 11.5 Å². The summed E-state index contributed by atoms with van der Waals surface area (Å²) in [7, 11) is 0. The van der Waals surface area contributed by atoms with E-state index in [0.29, 0.717) is 36.0 Å². The first-order valence-corrected chi connectivity index (χ1v) is 11.7. The van der Waals surface area contributed by atoms with Gasteiger partial charge in [0.05, 0.1) is 0 Å². The number of ether oxygens (including phenoxy) is 1. The van der Waals surface area contributed by atoms with E-state index in [2.05, 4.69) is 22.5 Å². The lowest BCUT2D eigenvalue weighted by Crippen LogP contribution is -2.35. The van der Waals surface area contributed by atoms with Crippen LogP contribution < -0.4 is 10.1 Å². The molecule has 1 aliphatic carbocycles. The first-order chi connectivity index (χ1) is 16.4. The summed E-state index contributed by atoms with van der Waals surface area (Å²) in [5.74, 6) is 1.29. The molecule has 5 rings (SSSR count). The Morgan fingerprint density at radius 2 is 1.62 bits per heavy atom. The highest BCUT2D eigenvalue weighted by atomic mass is 35.5. The number of carbonyl (C=O) groups excluding carboxylic acids is 1. The standard InChI is InChI=1S/C25H25ClN4O4/c26-19-3-7-22(8-4-19)34-21-5-1-16(2-6-21)13-27-20-11-17-14-29(15-18(17)12-20)25(33)30-10-9-23(28-30)24(31)32/h1-10,17-18,20,27H,11-15H2,(H,31,32)/t17-,18+,20+. The maximum absolute atomic E-state index is 12.7. The number of nitrogens with one attached hydrogen (secondary N) is 1. The van der Waals surface area contributed by atoms with Gasteiger partial charge >= 0.3 is 12.0 Å². The zero-order valence-electron chi connectivity index (χ0n) is 18.4. The van der Waals surface area contributed by atoms with Gasteiger partial charge in [-0.2, -0.15) is 9.78 Å². The number of likely N-dealkylation sites (tertiary alicyclic amines) is 1. The summed E-state index contributed by atoms with van der Waals surface area (Å²) in [6.45, 7) is 2.14. The SMILES string of the molecule is O=C(O)c1ccn(C(=O)N2C[C@H]3C[C@H](NCc4ccc(Oc5ccc(Cl)cc5)cc4)C[C@H]3C2)n1. The molecule has 3 aromatic rings. The van der Waals surface area contributed by atoms with E-state index in [1.54, 1.807) is 17.0 Å². The van der Waals surface area contributed by atoms with Crippen molar-refractivity contribution in [3.63, 3.8) is 0 Å². The Kier molecular flexibility index (Phi) is 6.26. The smallest absolute Gasteiger partial charge is 0.356 e. The zero-order valence-corrected chi connectivity index (χ0v) is 19.2. The van der Waals surface area contributed by atoms with Crippen molar-refractivity contribution >= 4 is 23.6 Å². The first-order valence-electron chi connectivity index (χ1n) is 11.3. The van der Waals surface area contributed by atoms with Crippen LogP contribution >= 0.6 is 11.6 Å². The fourth-order valence-corrected chi connectivity index (χ4v) is 5.01. The number of hydrogen-bond acceptors (Lipinski definition) is 5. The fraction of sp³-hybridized carbons (Fsp3) is 0.320. The average molecular weight is 481 g/mol. The van der Waals surface area contributed by atoms with Crippen LogP contribution in [0.1, 0.15) is 28.9 Å². The van der Waals surface area contributed by atoms with Crippen LogP contribution in [-0.4, -0.2) is 50.9 Å². The van der Waals surface area contributed by atoms with Crippen molar-refractivity contribution < 1.29 is 19.4 Å². The summed E-state index contributed by atoms with van der Waals surface area (Å²) in [6, 6.07) is 16.8. The number of hydrogen-bond donors (Lipinski definition) is 2. The molecule has 2 aliphatic rings. The van der Waals surface area contributed by atoms with Gasteiger partial charge in [-0.3, -0.25) is 0 Å². The predicted octanol–water partition coefficient (Wildman–Crippen LogP) is 4.50. The largest absolute Gasteiger partial charge is 0.476 e. The molecule has 34 heavy (non-hydrogen) atoms. The fourth-order valence-electron chi connectivity index (χ4n) is 4.89. The van der Waals surface area contributed by atoms with Gasteiger partial charge in [-0.15, -0.1) is 0 Å². The molecule has 2 heterocycles. The lowest BCUT2D eigenvalue weighted by atomic mass is 10.0. The molecule has 0 spiro atoms. The lowest BCUT2D eigenvalue weighted by molar-refractivity contribution is 0.0690. The number of rotatable bonds is 6. The number of nitrogens with zero attached hydrogens (tertiary/aromatic N) is 3. The highest BCUT2D eigenvalue weighted by Gasteiger charge is 2.42. The Morgan fingerprint density at radius 3 is 2.21 bits per heavy atom. The normalized spacial score (nSPS) is 21.4. The molecule has 2 aromatic carbocycles. The highest BCUT2D eigenvalue weighted by molar-refractivity contribution is 6.30. The Hall–Kier alpha value is -3.36. The summed E-state index contributed by atoms with van der Waals surface area (Å²) in [5, 5.41) is 17.2. The van der Waals surface area contributed by atoms with Gasteiger partial charge in [0.15, 0.2) is 5.69 Å². The Morgan fingerprint density at radius 1 is 1.00 bits per heavy atom. The van der Waals surface area contributed by atoms with Crippen LogP contribution in [0, 0.1) is 11.8 Å². The van der Waals surface area contributed by atoms with Crippen molar-refractivity contribution in [2.45, 2.75) is 25.4 Å². The number of fused-ring (bicyclic) bond motifs is 1. The van der Waals surface area contributed by atoms with Crippen LogP contribution in [0.4, 0.5) is 4.79 Å². The molecule has 3 atom stereocenters. The Balaban J connectivity index is 1.08. The molecular weight excluding hydrogens is 456 g/mol. The third-order valence-electron chi connectivity index (χ3n) is 6.59. The minimum Gasteiger partial charge on any atom is -0.476 e. The molecule has 0 radical (unpaired) electrons. The van der Waals surface area contributed by atoms with Gasteiger partial charge in [-0.25, -0.2) is 9.59 Å².